The molecule has 0 fully saturated rings. The van der Waals surface area contributed by atoms with Crippen LogP contribution in [0.5, 0.6) is 0 Å². The minimum atomic E-state index is -3.54. The van der Waals surface area contributed by atoms with Gasteiger partial charge in [-0.15, -0.1) is 0 Å². The number of carboxylic acid groups (broad SMARTS) is 1. The molecule has 0 spiro atoms. The molecule has 0 aliphatic carbocycles. The monoisotopic (exact) mass is 677 g/mol. The topological polar surface area (TPSA) is 145 Å². The number of carbonyl (C=O) groups excluding carboxylic acids is 1. The molecule has 48 heavy (non-hydrogen) atoms. The van der Waals surface area contributed by atoms with Crippen molar-refractivity contribution in [1.29, 1.82) is 0 Å². The Morgan fingerprint density at radius 1 is 0.812 bits per heavy atom. The van der Waals surface area contributed by atoms with E-state index in [4.69, 9.17) is 9.84 Å². The summed E-state index contributed by atoms with van der Waals surface area (Å²) in [4.78, 5) is 34.5. The van der Waals surface area contributed by atoms with Crippen LogP contribution in [0.3, 0.4) is 0 Å². The molecule has 1 heterocycles. The van der Waals surface area contributed by atoms with Crippen LogP contribution >= 0.6 is 0 Å². The van der Waals surface area contributed by atoms with Crippen molar-refractivity contribution in [3.63, 3.8) is 0 Å². The Labute approximate surface area is 283 Å². The second-order valence-electron chi connectivity index (χ2n) is 12.8. The molecule has 0 unspecified atom stereocenters. The lowest BCUT2D eigenvalue weighted by atomic mass is 9.97. The average Bonchev–Trinajstić information content (AvgIpc) is 3.01. The fraction of sp³-hybridized carbons (Fsp3) is 0.351. The van der Waals surface area contributed by atoms with Crippen LogP contribution in [-0.2, 0) is 19.6 Å². The Morgan fingerprint density at radius 3 is 1.71 bits per heavy atom. The number of sulfonamides is 1. The van der Waals surface area contributed by atoms with Crippen molar-refractivity contribution in [2.75, 3.05) is 0 Å². The summed E-state index contributed by atoms with van der Waals surface area (Å²) in [5.41, 5.74) is 3.15. The van der Waals surface area contributed by atoms with E-state index in [1.165, 1.54) is 28.9 Å². The summed E-state index contributed by atoms with van der Waals surface area (Å²) < 4.78 is 32.3. The zero-order valence-corrected chi connectivity index (χ0v) is 29.9. The Bertz CT molecular complexity index is 1790. The number of carboxylic acids is 1. The molecule has 0 radical (unpaired) electrons. The number of aromatic carboxylic acids is 1. The molecule has 3 aromatic carbocycles. The molecule has 0 atom stereocenters. The van der Waals surface area contributed by atoms with Crippen LogP contribution in [0.2, 0.25) is 0 Å². The van der Waals surface area contributed by atoms with Crippen molar-refractivity contribution in [2.24, 2.45) is 5.92 Å². The van der Waals surface area contributed by atoms with Crippen LogP contribution in [0.15, 0.2) is 101 Å². The molecule has 0 amide bonds. The van der Waals surface area contributed by atoms with Gasteiger partial charge in [0.2, 0.25) is 10.0 Å². The Balaban J connectivity index is 0.000000271. The predicted octanol–water partition coefficient (Wildman–Crippen LogP) is 7.21. The van der Waals surface area contributed by atoms with Gasteiger partial charge in [-0.3, -0.25) is 9.59 Å². The Kier molecular flexibility index (Phi) is 14.4. The van der Waals surface area contributed by atoms with Crippen LogP contribution in [-0.4, -0.2) is 46.9 Å². The lowest BCUT2D eigenvalue weighted by molar-refractivity contribution is -0.158. The van der Waals surface area contributed by atoms with Gasteiger partial charge in [0.15, 0.2) is 0 Å². The van der Waals surface area contributed by atoms with Gasteiger partial charge in [0.05, 0.1) is 34.2 Å². The first-order valence-corrected chi connectivity index (χ1v) is 17.1. The highest BCUT2D eigenvalue weighted by molar-refractivity contribution is 7.89. The van der Waals surface area contributed by atoms with Crippen LogP contribution < -0.4 is 10.3 Å². The number of ether oxygens (including phenoxy) is 1. The maximum atomic E-state index is 12.9. The quantitative estimate of drug-likeness (QED) is 0.186. The fourth-order valence-electron chi connectivity index (χ4n) is 4.13. The van der Waals surface area contributed by atoms with E-state index in [2.05, 4.69) is 9.82 Å². The number of rotatable bonds is 8. The molecule has 0 bridgehead atoms. The first kappa shape index (κ1) is 39.6. The number of carbonyl (C=O) groups is 2. The molecule has 0 saturated heterocycles. The number of aromatic nitrogens is 2. The van der Waals surface area contributed by atoms with Crippen molar-refractivity contribution >= 4 is 22.0 Å². The van der Waals surface area contributed by atoms with Crippen molar-refractivity contribution < 1.29 is 27.9 Å². The molecule has 0 aliphatic rings. The summed E-state index contributed by atoms with van der Waals surface area (Å²) in [5.74, 6) is -1.24. The number of hydrogen-bond donors (Lipinski definition) is 2. The summed E-state index contributed by atoms with van der Waals surface area (Å²) in [6.07, 6.45) is 1.79. The zero-order chi connectivity index (χ0) is 36.2. The third-order valence-corrected chi connectivity index (χ3v) is 7.99. The van der Waals surface area contributed by atoms with Gasteiger partial charge in [-0.2, -0.15) is 5.10 Å². The van der Waals surface area contributed by atoms with Crippen molar-refractivity contribution in [2.45, 2.75) is 84.9 Å². The summed E-state index contributed by atoms with van der Waals surface area (Å²) in [7, 11) is -3.54. The largest absolute Gasteiger partial charge is 0.478 e. The SMILES string of the molecule is CC(C)C(=O)OC(C)(C)C.CC(C)NS(=O)(=O)c1ccc(C(=O)O)cc1.CC(C)n1ncc(-c2ccccc2)c(-c2ccccc2)c1=O. The molecule has 10 nitrogen and oxygen atoms in total. The van der Waals surface area contributed by atoms with E-state index in [0.717, 1.165) is 16.7 Å². The summed E-state index contributed by atoms with van der Waals surface area (Å²) in [5, 5.41) is 13.0. The van der Waals surface area contributed by atoms with Gasteiger partial charge in [-0.25, -0.2) is 22.6 Å². The van der Waals surface area contributed by atoms with Crippen LogP contribution in [0.4, 0.5) is 0 Å². The first-order valence-electron chi connectivity index (χ1n) is 15.6. The van der Waals surface area contributed by atoms with E-state index in [1.54, 1.807) is 20.0 Å². The van der Waals surface area contributed by atoms with E-state index in [1.807, 2.05) is 109 Å². The summed E-state index contributed by atoms with van der Waals surface area (Å²) in [6.45, 7) is 16.6. The molecule has 0 aliphatic heterocycles. The summed E-state index contributed by atoms with van der Waals surface area (Å²) in [6, 6.07) is 24.6. The van der Waals surface area contributed by atoms with Crippen molar-refractivity contribution in [1.82, 2.24) is 14.5 Å². The lowest BCUT2D eigenvalue weighted by Crippen LogP contribution is -2.30. The van der Waals surface area contributed by atoms with E-state index in [0.29, 0.717) is 5.56 Å². The number of esters is 1. The van der Waals surface area contributed by atoms with E-state index in [9.17, 15) is 22.8 Å². The number of nitrogens with zero attached hydrogens (tertiary/aromatic N) is 2. The third-order valence-electron chi connectivity index (χ3n) is 6.32. The summed E-state index contributed by atoms with van der Waals surface area (Å²) >= 11 is 0. The standard InChI is InChI=1S/C19H18N2O.C10H13NO4S.C8H16O2/c1-14(2)21-19(22)18(16-11-7-4-8-12-16)17(13-20-21)15-9-5-3-6-10-15;1-7(2)11-16(14,15)9-5-3-8(4-6-9)10(12)13;1-6(2)7(9)10-8(3,4)5/h3-14H,1-2H3;3-7,11H,1-2H3,(H,12,13);6H,1-5H3. The van der Waals surface area contributed by atoms with E-state index in [-0.39, 0.29) is 45.6 Å². The fourth-order valence-corrected chi connectivity index (χ4v) is 5.38. The molecular weight excluding hydrogens is 630 g/mol. The average molecular weight is 678 g/mol. The third kappa shape index (κ3) is 12.2. The molecule has 2 N–H and O–H groups in total. The highest BCUT2D eigenvalue weighted by Crippen LogP contribution is 2.28. The van der Waals surface area contributed by atoms with Gasteiger partial charge in [-0.1, -0.05) is 74.5 Å². The highest BCUT2D eigenvalue weighted by atomic mass is 32.2. The molecule has 1 aromatic heterocycles. The minimum absolute atomic E-state index is 0.0276. The lowest BCUT2D eigenvalue weighted by Gasteiger charge is -2.20. The number of hydrogen-bond acceptors (Lipinski definition) is 7. The molecule has 11 heteroatoms. The van der Waals surface area contributed by atoms with Gasteiger partial charge in [0.1, 0.15) is 5.60 Å². The molecule has 4 aromatic rings. The molecule has 4 rings (SSSR count). The van der Waals surface area contributed by atoms with Gasteiger partial charge >= 0.3 is 11.9 Å². The normalized spacial score (nSPS) is 11.3. The maximum absolute atomic E-state index is 12.9. The number of nitrogens with one attached hydrogen (secondary N) is 1. The molecular formula is C37H47N3O7S. The second-order valence-corrected chi connectivity index (χ2v) is 14.5. The number of benzene rings is 3. The minimum Gasteiger partial charge on any atom is -0.478 e. The van der Waals surface area contributed by atoms with Crippen molar-refractivity contribution in [3.8, 4) is 22.3 Å². The maximum Gasteiger partial charge on any atom is 0.335 e. The van der Waals surface area contributed by atoms with Gasteiger partial charge in [0, 0.05) is 11.6 Å². The van der Waals surface area contributed by atoms with E-state index < -0.39 is 16.0 Å². The highest BCUT2D eigenvalue weighted by Gasteiger charge is 2.19. The Hall–Kier alpha value is -4.61. The van der Waals surface area contributed by atoms with Gasteiger partial charge in [-0.05, 0) is 83.9 Å². The van der Waals surface area contributed by atoms with Crippen LogP contribution in [0, 0.1) is 5.92 Å². The Morgan fingerprint density at radius 2 is 1.31 bits per heavy atom. The van der Waals surface area contributed by atoms with Crippen LogP contribution in [0.1, 0.15) is 78.7 Å². The van der Waals surface area contributed by atoms with Crippen LogP contribution in [0.25, 0.3) is 22.3 Å². The predicted molar refractivity (Wildman–Crippen MR) is 189 cm³/mol. The van der Waals surface area contributed by atoms with Gasteiger partial charge < -0.3 is 9.84 Å². The zero-order valence-electron chi connectivity index (χ0n) is 29.1. The molecule has 0 saturated carbocycles. The van der Waals surface area contributed by atoms with E-state index >= 15 is 0 Å². The first-order chi connectivity index (χ1) is 22.3. The molecule has 258 valence electrons. The van der Waals surface area contributed by atoms with Crippen molar-refractivity contribution in [3.05, 3.63) is 107 Å². The second kappa shape index (κ2) is 17.5. The van der Waals surface area contributed by atoms with Gasteiger partial charge in [0.25, 0.3) is 5.56 Å². The smallest absolute Gasteiger partial charge is 0.335 e.